The first-order valence-electron chi connectivity index (χ1n) is 7.08. The Hall–Kier alpha value is -2.87. The second kappa shape index (κ2) is 6.71. The van der Waals surface area contributed by atoms with E-state index in [1.54, 1.807) is 17.6 Å². The van der Waals surface area contributed by atoms with Gasteiger partial charge in [-0.2, -0.15) is 0 Å². The molecule has 7 nitrogen and oxygen atoms in total. The predicted molar refractivity (Wildman–Crippen MR) is 91.4 cm³/mol. The minimum Gasteiger partial charge on any atom is -0.401 e. The summed E-state index contributed by atoms with van der Waals surface area (Å²) in [6.07, 6.45) is 1.65. The Morgan fingerprint density at radius 3 is 2.62 bits per heavy atom. The van der Waals surface area contributed by atoms with Gasteiger partial charge >= 0.3 is 5.88 Å². The van der Waals surface area contributed by atoms with Gasteiger partial charge < -0.3 is 8.98 Å². The van der Waals surface area contributed by atoms with Crippen molar-refractivity contribution in [2.24, 2.45) is 7.05 Å². The van der Waals surface area contributed by atoms with Gasteiger partial charge in [0.1, 0.15) is 10.7 Å². The van der Waals surface area contributed by atoms with E-state index >= 15 is 0 Å². The molecule has 0 bridgehead atoms. The van der Waals surface area contributed by atoms with Crippen molar-refractivity contribution in [2.45, 2.75) is 12.1 Å². The number of nitrogens with zero attached hydrogens (tertiary/aromatic N) is 4. The molecule has 3 aromatic rings. The number of furan rings is 1. The molecule has 3 rings (SSSR count). The van der Waals surface area contributed by atoms with Crippen LogP contribution in [0.25, 0.3) is 17.5 Å². The zero-order valence-corrected chi connectivity index (χ0v) is 13.9. The van der Waals surface area contributed by atoms with E-state index in [1.807, 2.05) is 42.8 Å². The van der Waals surface area contributed by atoms with Crippen molar-refractivity contribution >= 4 is 23.7 Å². The van der Waals surface area contributed by atoms with Crippen molar-refractivity contribution in [3.8, 4) is 11.4 Å². The van der Waals surface area contributed by atoms with E-state index in [0.29, 0.717) is 10.9 Å². The van der Waals surface area contributed by atoms with Gasteiger partial charge in [0, 0.05) is 12.6 Å². The van der Waals surface area contributed by atoms with Crippen LogP contribution in [0, 0.1) is 17.0 Å². The van der Waals surface area contributed by atoms with Crippen LogP contribution in [-0.4, -0.2) is 19.7 Å². The molecule has 8 heteroatoms. The Balaban J connectivity index is 1.73. The van der Waals surface area contributed by atoms with E-state index in [1.165, 1.54) is 23.4 Å². The summed E-state index contributed by atoms with van der Waals surface area (Å²) >= 11 is 1.36. The van der Waals surface area contributed by atoms with Crippen LogP contribution in [0.5, 0.6) is 0 Å². The zero-order valence-electron chi connectivity index (χ0n) is 13.0. The average Bonchev–Trinajstić information content (AvgIpc) is 3.17. The van der Waals surface area contributed by atoms with Crippen LogP contribution < -0.4 is 0 Å². The first-order valence-corrected chi connectivity index (χ1v) is 7.96. The van der Waals surface area contributed by atoms with E-state index < -0.39 is 4.92 Å². The van der Waals surface area contributed by atoms with Crippen molar-refractivity contribution in [3.63, 3.8) is 0 Å². The van der Waals surface area contributed by atoms with Crippen molar-refractivity contribution in [1.82, 2.24) is 14.8 Å². The average molecular weight is 342 g/mol. The monoisotopic (exact) mass is 342 g/mol. The molecule has 2 heterocycles. The number of nitro groups is 1. The summed E-state index contributed by atoms with van der Waals surface area (Å²) in [6, 6.07) is 10.9. The minimum absolute atomic E-state index is 0.278. The molecule has 0 saturated heterocycles. The van der Waals surface area contributed by atoms with Crippen LogP contribution in [0.15, 0.2) is 51.4 Å². The molecule has 0 saturated carbocycles. The fraction of sp³-hybridized carbons (Fsp3) is 0.125. The molecule has 0 atom stereocenters. The Morgan fingerprint density at radius 2 is 1.96 bits per heavy atom. The summed E-state index contributed by atoms with van der Waals surface area (Å²) < 4.78 is 6.95. The molecular weight excluding hydrogens is 328 g/mol. The van der Waals surface area contributed by atoms with E-state index in [2.05, 4.69) is 10.2 Å². The van der Waals surface area contributed by atoms with Crippen LogP contribution in [-0.2, 0) is 7.05 Å². The fourth-order valence-corrected chi connectivity index (χ4v) is 2.72. The van der Waals surface area contributed by atoms with E-state index in [9.17, 15) is 10.1 Å². The maximum absolute atomic E-state index is 10.6. The largest absolute Gasteiger partial charge is 0.433 e. The maximum Gasteiger partial charge on any atom is 0.433 e. The van der Waals surface area contributed by atoms with Gasteiger partial charge in [-0.15, -0.1) is 10.2 Å². The Labute approximate surface area is 142 Å². The normalized spacial score (nSPS) is 11.2. The van der Waals surface area contributed by atoms with E-state index in [0.717, 1.165) is 11.4 Å². The molecule has 0 unspecified atom stereocenters. The lowest BCUT2D eigenvalue weighted by Gasteiger charge is -2.02. The van der Waals surface area contributed by atoms with Gasteiger partial charge in [0.15, 0.2) is 11.0 Å². The summed E-state index contributed by atoms with van der Waals surface area (Å²) in [5.74, 6) is 0.912. The third kappa shape index (κ3) is 3.38. The van der Waals surface area contributed by atoms with Crippen LogP contribution in [0.1, 0.15) is 11.3 Å². The van der Waals surface area contributed by atoms with Crippen LogP contribution in [0.3, 0.4) is 0 Å². The number of hydrogen-bond acceptors (Lipinski definition) is 6. The lowest BCUT2D eigenvalue weighted by Crippen LogP contribution is -1.93. The van der Waals surface area contributed by atoms with Gasteiger partial charge in [-0.3, -0.25) is 10.1 Å². The zero-order chi connectivity index (χ0) is 17.1. The summed E-state index contributed by atoms with van der Waals surface area (Å²) in [5, 5.41) is 21.4. The van der Waals surface area contributed by atoms with E-state index in [4.69, 9.17) is 4.42 Å². The summed E-state index contributed by atoms with van der Waals surface area (Å²) in [5.41, 5.74) is 2.18. The van der Waals surface area contributed by atoms with Gasteiger partial charge in [0.2, 0.25) is 0 Å². The number of benzene rings is 1. The lowest BCUT2D eigenvalue weighted by atomic mass is 10.1. The number of aryl methyl sites for hydroxylation is 1. The molecule has 0 aliphatic carbocycles. The second-order valence-corrected chi connectivity index (χ2v) is 5.96. The highest BCUT2D eigenvalue weighted by Gasteiger charge is 2.11. The number of hydrogen-bond donors (Lipinski definition) is 0. The number of aromatic nitrogens is 3. The molecule has 0 aliphatic heterocycles. The third-order valence-corrected chi connectivity index (χ3v) is 4.18. The molecule has 2 aromatic heterocycles. The number of thioether (sulfide) groups is 1. The van der Waals surface area contributed by atoms with Gasteiger partial charge in [-0.25, -0.2) is 0 Å². The summed E-state index contributed by atoms with van der Waals surface area (Å²) in [6.45, 7) is 2.03. The van der Waals surface area contributed by atoms with Crippen LogP contribution >= 0.6 is 11.8 Å². The van der Waals surface area contributed by atoms with Gasteiger partial charge in [-0.1, -0.05) is 41.6 Å². The summed E-state index contributed by atoms with van der Waals surface area (Å²) in [7, 11) is 1.89. The van der Waals surface area contributed by atoms with Crippen LogP contribution in [0.4, 0.5) is 5.88 Å². The first kappa shape index (κ1) is 16.0. The molecule has 0 radical (unpaired) electrons. The van der Waals surface area contributed by atoms with E-state index in [-0.39, 0.29) is 5.88 Å². The van der Waals surface area contributed by atoms with Gasteiger partial charge in [0.25, 0.3) is 0 Å². The predicted octanol–water partition coefficient (Wildman–Crippen LogP) is 4.05. The van der Waals surface area contributed by atoms with Crippen molar-refractivity contribution in [2.75, 3.05) is 0 Å². The van der Waals surface area contributed by atoms with Crippen molar-refractivity contribution in [1.29, 1.82) is 0 Å². The molecule has 0 spiro atoms. The van der Waals surface area contributed by atoms with Crippen molar-refractivity contribution < 1.29 is 9.34 Å². The molecule has 0 amide bonds. The minimum atomic E-state index is -0.568. The summed E-state index contributed by atoms with van der Waals surface area (Å²) in [4.78, 5) is 10.0. The molecule has 24 heavy (non-hydrogen) atoms. The Morgan fingerprint density at radius 1 is 1.21 bits per heavy atom. The standard InChI is InChI=1S/C16H14N4O3S/c1-11-3-5-12(6-4-11)15-17-18-16(19(15)2)24-10-9-13-7-8-14(23-13)20(21)22/h3-10H,1-2H3/b10-9+. The third-order valence-electron chi connectivity index (χ3n) is 3.34. The molecule has 1 aromatic carbocycles. The Kier molecular flexibility index (Phi) is 4.48. The van der Waals surface area contributed by atoms with Crippen LogP contribution in [0.2, 0.25) is 0 Å². The molecule has 0 fully saturated rings. The molecule has 0 aliphatic rings. The molecule has 122 valence electrons. The lowest BCUT2D eigenvalue weighted by molar-refractivity contribution is -0.402. The molecule has 0 N–H and O–H groups in total. The smallest absolute Gasteiger partial charge is 0.401 e. The number of rotatable bonds is 5. The topological polar surface area (TPSA) is 87.0 Å². The second-order valence-electron chi connectivity index (χ2n) is 5.08. The first-order chi connectivity index (χ1) is 11.5. The highest BCUT2D eigenvalue weighted by Crippen LogP contribution is 2.25. The van der Waals surface area contributed by atoms with Crippen molar-refractivity contribution in [3.05, 3.63) is 63.2 Å². The SMILES string of the molecule is Cc1ccc(-c2nnc(S/C=C/c3ccc([N+](=O)[O-])o3)n2C)cc1. The highest BCUT2D eigenvalue weighted by atomic mass is 32.2. The highest BCUT2D eigenvalue weighted by molar-refractivity contribution is 8.02. The maximum atomic E-state index is 10.6. The Bertz CT molecular complexity index is 896. The quantitative estimate of drug-likeness (QED) is 0.395. The van der Waals surface area contributed by atoms with Gasteiger partial charge in [0.05, 0.1) is 6.07 Å². The van der Waals surface area contributed by atoms with Gasteiger partial charge in [-0.05, 0) is 24.5 Å². The molecular formula is C16H14N4O3S. The fourth-order valence-electron chi connectivity index (χ4n) is 2.06.